The molecular weight excluding hydrogens is 198 g/mol. The van der Waals surface area contributed by atoms with Crippen molar-refractivity contribution in [1.82, 2.24) is 5.32 Å². The van der Waals surface area contributed by atoms with Crippen LogP contribution in [0.25, 0.3) is 0 Å². The van der Waals surface area contributed by atoms with E-state index in [9.17, 15) is 0 Å². The maximum Gasteiger partial charge on any atom is 0.0724 e. The van der Waals surface area contributed by atoms with Gasteiger partial charge in [-0.2, -0.15) is 0 Å². The highest BCUT2D eigenvalue weighted by atomic mass is 16.5. The number of allylic oxidation sites excluding steroid dienone is 1. The lowest BCUT2D eigenvalue weighted by molar-refractivity contribution is 0.0576. The summed E-state index contributed by atoms with van der Waals surface area (Å²) in [6, 6.07) is 0.504. The van der Waals surface area contributed by atoms with Gasteiger partial charge in [-0.05, 0) is 38.6 Å². The minimum atomic E-state index is 0.362. The minimum absolute atomic E-state index is 0.362. The number of unbranched alkanes of at least 4 members (excludes halogenated alkanes) is 1. The Morgan fingerprint density at radius 3 is 2.50 bits per heavy atom. The van der Waals surface area contributed by atoms with Crippen LogP contribution in [0.2, 0.25) is 0 Å². The Kier molecular flexibility index (Phi) is 10.9. The predicted molar refractivity (Wildman–Crippen MR) is 71.8 cm³/mol. The number of rotatable bonds is 11. The lowest BCUT2D eigenvalue weighted by atomic mass is 10.00. The van der Waals surface area contributed by atoms with Gasteiger partial charge in [0.15, 0.2) is 0 Å². The number of hydrogen-bond acceptors (Lipinski definition) is 2. The molecule has 0 aliphatic rings. The standard InChI is InChI=1S/C14H29NO/c1-5-8-9-11-13(15-12-7-3)14(16-4)10-6-2/h5,13-15H,1,6-12H2,2-4H3. The third kappa shape index (κ3) is 7.02. The van der Waals surface area contributed by atoms with Crippen LogP contribution in [0.3, 0.4) is 0 Å². The predicted octanol–water partition coefficient (Wildman–Crippen LogP) is 3.53. The average Bonchev–Trinajstić information content (AvgIpc) is 2.31. The highest BCUT2D eigenvalue weighted by Crippen LogP contribution is 2.13. The first-order valence-corrected chi connectivity index (χ1v) is 6.67. The highest BCUT2D eigenvalue weighted by molar-refractivity contribution is 4.78. The van der Waals surface area contributed by atoms with Crippen molar-refractivity contribution in [2.45, 2.75) is 64.5 Å². The van der Waals surface area contributed by atoms with Crippen molar-refractivity contribution in [3.8, 4) is 0 Å². The second-order valence-corrected chi connectivity index (χ2v) is 4.34. The van der Waals surface area contributed by atoms with E-state index in [0.29, 0.717) is 12.1 Å². The number of ether oxygens (including phenoxy) is 1. The van der Waals surface area contributed by atoms with E-state index in [1.807, 2.05) is 13.2 Å². The second-order valence-electron chi connectivity index (χ2n) is 4.34. The van der Waals surface area contributed by atoms with Gasteiger partial charge < -0.3 is 10.1 Å². The lowest BCUT2D eigenvalue weighted by Crippen LogP contribution is -2.41. The fourth-order valence-electron chi connectivity index (χ4n) is 2.00. The van der Waals surface area contributed by atoms with Crippen LogP contribution >= 0.6 is 0 Å². The van der Waals surface area contributed by atoms with Gasteiger partial charge in [-0.25, -0.2) is 0 Å². The third-order valence-electron chi connectivity index (χ3n) is 2.90. The Labute approximate surface area is 101 Å². The van der Waals surface area contributed by atoms with E-state index in [2.05, 4.69) is 25.7 Å². The minimum Gasteiger partial charge on any atom is -0.380 e. The van der Waals surface area contributed by atoms with Crippen molar-refractivity contribution in [1.29, 1.82) is 0 Å². The Hall–Kier alpha value is -0.340. The van der Waals surface area contributed by atoms with Gasteiger partial charge in [-0.15, -0.1) is 6.58 Å². The van der Waals surface area contributed by atoms with Gasteiger partial charge in [-0.3, -0.25) is 0 Å². The molecule has 0 saturated heterocycles. The molecule has 0 aromatic heterocycles. The largest absolute Gasteiger partial charge is 0.380 e. The molecule has 0 aliphatic carbocycles. The smallest absolute Gasteiger partial charge is 0.0724 e. The van der Waals surface area contributed by atoms with Crippen LogP contribution in [0.15, 0.2) is 12.7 Å². The maximum absolute atomic E-state index is 5.59. The summed E-state index contributed by atoms with van der Waals surface area (Å²) in [7, 11) is 1.83. The molecule has 2 unspecified atom stereocenters. The van der Waals surface area contributed by atoms with E-state index >= 15 is 0 Å². The molecule has 0 fully saturated rings. The van der Waals surface area contributed by atoms with Gasteiger partial charge in [0.2, 0.25) is 0 Å². The molecule has 2 heteroatoms. The molecule has 0 aromatic carbocycles. The van der Waals surface area contributed by atoms with Crippen LogP contribution in [-0.2, 0) is 4.74 Å². The van der Waals surface area contributed by atoms with Gasteiger partial charge in [-0.1, -0.05) is 26.3 Å². The first kappa shape index (κ1) is 15.7. The molecular formula is C14H29NO. The Morgan fingerprint density at radius 1 is 1.25 bits per heavy atom. The molecule has 0 aromatic rings. The van der Waals surface area contributed by atoms with Crippen LogP contribution in [0.5, 0.6) is 0 Å². The third-order valence-corrected chi connectivity index (χ3v) is 2.90. The molecule has 0 heterocycles. The van der Waals surface area contributed by atoms with Gasteiger partial charge in [0.05, 0.1) is 6.10 Å². The van der Waals surface area contributed by atoms with E-state index in [1.54, 1.807) is 0 Å². The molecule has 1 N–H and O–H groups in total. The summed E-state index contributed by atoms with van der Waals surface area (Å²) < 4.78 is 5.59. The van der Waals surface area contributed by atoms with Gasteiger partial charge in [0, 0.05) is 13.2 Å². The van der Waals surface area contributed by atoms with Crippen LogP contribution in [0.4, 0.5) is 0 Å². The van der Waals surface area contributed by atoms with Gasteiger partial charge in [0.1, 0.15) is 0 Å². The number of nitrogens with one attached hydrogen (secondary N) is 1. The first-order chi connectivity index (χ1) is 7.79. The quantitative estimate of drug-likeness (QED) is 0.431. The van der Waals surface area contributed by atoms with Crippen molar-refractivity contribution < 1.29 is 4.74 Å². The highest BCUT2D eigenvalue weighted by Gasteiger charge is 2.18. The SMILES string of the molecule is C=CCCCC(NCCC)C(CCC)OC. The summed E-state index contributed by atoms with van der Waals surface area (Å²) in [5.74, 6) is 0. The molecule has 2 nitrogen and oxygen atoms in total. The normalized spacial score (nSPS) is 14.7. The molecule has 96 valence electrons. The van der Waals surface area contributed by atoms with Crippen molar-refractivity contribution >= 4 is 0 Å². The van der Waals surface area contributed by atoms with E-state index in [1.165, 1.54) is 25.7 Å². The number of hydrogen-bond donors (Lipinski definition) is 1. The number of methoxy groups -OCH3 is 1. The molecule has 0 saturated carbocycles. The van der Waals surface area contributed by atoms with E-state index in [0.717, 1.165) is 19.4 Å². The zero-order valence-corrected chi connectivity index (χ0v) is 11.3. The summed E-state index contributed by atoms with van der Waals surface area (Å²) >= 11 is 0. The molecule has 0 aliphatic heterocycles. The van der Waals surface area contributed by atoms with E-state index < -0.39 is 0 Å². The summed E-state index contributed by atoms with van der Waals surface area (Å²) in [6.07, 6.45) is 9.36. The van der Waals surface area contributed by atoms with E-state index in [-0.39, 0.29) is 0 Å². The molecule has 16 heavy (non-hydrogen) atoms. The summed E-state index contributed by atoms with van der Waals surface area (Å²) in [5.41, 5.74) is 0. The van der Waals surface area contributed by atoms with Crippen molar-refractivity contribution in [2.75, 3.05) is 13.7 Å². The summed E-state index contributed by atoms with van der Waals surface area (Å²) in [5, 5.41) is 3.60. The van der Waals surface area contributed by atoms with Crippen molar-refractivity contribution in [3.05, 3.63) is 12.7 Å². The van der Waals surface area contributed by atoms with Gasteiger partial charge in [0.25, 0.3) is 0 Å². The molecule has 0 bridgehead atoms. The van der Waals surface area contributed by atoms with Crippen LogP contribution in [0, 0.1) is 0 Å². The topological polar surface area (TPSA) is 21.3 Å². The Balaban J connectivity index is 4.07. The van der Waals surface area contributed by atoms with Crippen molar-refractivity contribution in [3.63, 3.8) is 0 Å². The molecule has 0 amide bonds. The summed E-state index contributed by atoms with van der Waals surface area (Å²) in [6.45, 7) is 9.27. The zero-order valence-electron chi connectivity index (χ0n) is 11.3. The van der Waals surface area contributed by atoms with Crippen LogP contribution in [-0.4, -0.2) is 25.8 Å². The zero-order chi connectivity index (χ0) is 12.2. The first-order valence-electron chi connectivity index (χ1n) is 6.67. The van der Waals surface area contributed by atoms with Crippen LogP contribution in [0.1, 0.15) is 52.4 Å². The fraction of sp³-hybridized carbons (Fsp3) is 0.857. The molecule has 0 spiro atoms. The molecule has 0 radical (unpaired) electrons. The average molecular weight is 227 g/mol. The second kappa shape index (κ2) is 11.2. The van der Waals surface area contributed by atoms with Crippen LogP contribution < -0.4 is 5.32 Å². The fourth-order valence-corrected chi connectivity index (χ4v) is 2.00. The molecule has 2 atom stereocenters. The van der Waals surface area contributed by atoms with E-state index in [4.69, 9.17) is 4.74 Å². The summed E-state index contributed by atoms with van der Waals surface area (Å²) in [4.78, 5) is 0. The molecule has 0 rings (SSSR count). The maximum atomic E-state index is 5.59. The van der Waals surface area contributed by atoms with Crippen molar-refractivity contribution in [2.24, 2.45) is 0 Å². The Bertz CT molecular complexity index is 159. The monoisotopic (exact) mass is 227 g/mol. The lowest BCUT2D eigenvalue weighted by Gasteiger charge is -2.27. The van der Waals surface area contributed by atoms with Gasteiger partial charge >= 0.3 is 0 Å². The Morgan fingerprint density at radius 2 is 2.00 bits per heavy atom.